The van der Waals surface area contributed by atoms with Crippen molar-refractivity contribution in [2.24, 2.45) is 13.0 Å². The number of thioether (sulfide) groups is 1. The standard InChI is InChI=1S/C21H28N6O3S2/c1-5-12-7-8-14-13(9-12)10-15(32-14)17-23-24-20(26(17)4)31-11-16(28)25-27-18(29)21(3,6-2)22-19(27)30/h10,12H,5-9,11H2,1-4H3,(H,22,30)(H,25,28)/t12-,21+/m1/s1. The Hall–Kier alpha value is -2.40. The lowest BCUT2D eigenvalue weighted by Crippen LogP contribution is -2.49. The number of aromatic nitrogens is 3. The molecule has 2 aromatic rings. The first kappa shape index (κ1) is 22.8. The van der Waals surface area contributed by atoms with Crippen molar-refractivity contribution in [2.75, 3.05) is 5.75 Å². The van der Waals surface area contributed by atoms with Crippen molar-refractivity contribution in [3.8, 4) is 10.7 Å². The van der Waals surface area contributed by atoms with Gasteiger partial charge in [-0.05, 0) is 50.2 Å². The van der Waals surface area contributed by atoms with Crippen molar-refractivity contribution in [1.29, 1.82) is 0 Å². The van der Waals surface area contributed by atoms with Crippen molar-refractivity contribution in [3.63, 3.8) is 0 Å². The van der Waals surface area contributed by atoms with Gasteiger partial charge in [0.05, 0.1) is 10.6 Å². The number of nitrogens with one attached hydrogen (secondary N) is 2. The van der Waals surface area contributed by atoms with Crippen LogP contribution in [0.3, 0.4) is 0 Å². The molecule has 11 heteroatoms. The third-order valence-corrected chi connectivity index (χ3v) is 8.61. The average molecular weight is 477 g/mol. The zero-order chi connectivity index (χ0) is 23.0. The zero-order valence-corrected chi connectivity index (χ0v) is 20.4. The van der Waals surface area contributed by atoms with Crippen LogP contribution in [0.5, 0.6) is 0 Å². The van der Waals surface area contributed by atoms with Crippen molar-refractivity contribution in [2.45, 2.75) is 63.6 Å². The number of thiophene rings is 1. The number of carbonyl (C=O) groups is 3. The van der Waals surface area contributed by atoms with Crippen LogP contribution in [0.4, 0.5) is 4.79 Å². The molecule has 2 atom stereocenters. The number of hydrazine groups is 1. The highest BCUT2D eigenvalue weighted by Crippen LogP contribution is 2.38. The molecule has 1 saturated heterocycles. The minimum Gasteiger partial charge on any atom is -0.322 e. The van der Waals surface area contributed by atoms with Crippen LogP contribution in [0.15, 0.2) is 11.2 Å². The summed E-state index contributed by atoms with van der Waals surface area (Å²) in [5.41, 5.74) is 2.83. The van der Waals surface area contributed by atoms with Crippen molar-refractivity contribution < 1.29 is 14.4 Å². The van der Waals surface area contributed by atoms with E-state index in [9.17, 15) is 14.4 Å². The summed E-state index contributed by atoms with van der Waals surface area (Å²) in [5.74, 6) is 0.629. The minimum atomic E-state index is -0.993. The molecule has 0 bridgehead atoms. The second-order valence-corrected chi connectivity index (χ2v) is 10.6. The molecular weight excluding hydrogens is 448 g/mol. The van der Waals surface area contributed by atoms with E-state index < -0.39 is 23.4 Å². The molecule has 1 fully saturated rings. The highest BCUT2D eigenvalue weighted by Gasteiger charge is 2.47. The van der Waals surface area contributed by atoms with Crippen LogP contribution < -0.4 is 10.7 Å². The molecule has 3 heterocycles. The molecule has 0 saturated carbocycles. The van der Waals surface area contributed by atoms with Crippen LogP contribution in [-0.4, -0.2) is 48.9 Å². The molecule has 2 aromatic heterocycles. The summed E-state index contributed by atoms with van der Waals surface area (Å²) in [7, 11) is 1.88. The van der Waals surface area contributed by atoms with Crippen molar-refractivity contribution >= 4 is 40.9 Å². The van der Waals surface area contributed by atoms with Gasteiger partial charge in [0.25, 0.3) is 5.91 Å². The maximum atomic E-state index is 12.4. The zero-order valence-electron chi connectivity index (χ0n) is 18.7. The quantitative estimate of drug-likeness (QED) is 0.470. The lowest BCUT2D eigenvalue weighted by Gasteiger charge is -2.19. The Labute approximate surface area is 195 Å². The molecule has 9 nitrogen and oxygen atoms in total. The summed E-state index contributed by atoms with van der Waals surface area (Å²) in [6.07, 6.45) is 5.14. The number of imide groups is 1. The molecule has 172 valence electrons. The summed E-state index contributed by atoms with van der Waals surface area (Å²) >= 11 is 2.99. The maximum absolute atomic E-state index is 12.4. The fraction of sp³-hybridized carbons (Fsp3) is 0.571. The first-order chi connectivity index (χ1) is 15.3. The number of rotatable bonds is 7. The highest BCUT2D eigenvalue weighted by molar-refractivity contribution is 7.99. The lowest BCUT2D eigenvalue weighted by molar-refractivity contribution is -0.137. The number of hydrogen-bond donors (Lipinski definition) is 2. The largest absolute Gasteiger partial charge is 0.344 e. The fourth-order valence-electron chi connectivity index (χ4n) is 4.03. The van der Waals surface area contributed by atoms with Crippen molar-refractivity contribution in [1.82, 2.24) is 30.5 Å². The van der Waals surface area contributed by atoms with Crippen LogP contribution in [0.1, 0.15) is 50.5 Å². The predicted octanol–water partition coefficient (Wildman–Crippen LogP) is 2.90. The van der Waals surface area contributed by atoms with Gasteiger partial charge in [0, 0.05) is 11.9 Å². The van der Waals surface area contributed by atoms with Gasteiger partial charge >= 0.3 is 6.03 Å². The molecule has 2 N–H and O–H groups in total. The Balaban J connectivity index is 1.39. The number of aryl methyl sites for hydroxylation is 1. The van der Waals surface area contributed by atoms with Crippen LogP contribution in [0.25, 0.3) is 10.7 Å². The minimum absolute atomic E-state index is 0.00495. The number of amides is 4. The molecule has 0 spiro atoms. The summed E-state index contributed by atoms with van der Waals surface area (Å²) in [6.45, 7) is 5.69. The lowest BCUT2D eigenvalue weighted by atomic mass is 9.87. The van der Waals surface area contributed by atoms with Crippen LogP contribution in [-0.2, 0) is 29.5 Å². The molecule has 0 unspecified atom stereocenters. The van der Waals surface area contributed by atoms with Gasteiger partial charge in [-0.25, -0.2) is 4.79 Å². The van der Waals surface area contributed by atoms with E-state index in [0.717, 1.165) is 34.5 Å². The summed E-state index contributed by atoms with van der Waals surface area (Å²) < 4.78 is 1.88. The Morgan fingerprint density at radius 2 is 2.16 bits per heavy atom. The molecule has 2 aliphatic rings. The van der Waals surface area contributed by atoms with Gasteiger partial charge in [-0.2, -0.15) is 5.01 Å². The Morgan fingerprint density at radius 3 is 2.84 bits per heavy atom. The van der Waals surface area contributed by atoms with E-state index in [1.807, 2.05) is 11.6 Å². The first-order valence-corrected chi connectivity index (χ1v) is 12.7. The predicted molar refractivity (Wildman–Crippen MR) is 123 cm³/mol. The summed E-state index contributed by atoms with van der Waals surface area (Å²) in [5, 5.41) is 12.6. The van der Waals surface area contributed by atoms with Gasteiger partial charge in [-0.3, -0.25) is 15.0 Å². The van der Waals surface area contributed by atoms with Gasteiger partial charge < -0.3 is 9.88 Å². The van der Waals surface area contributed by atoms with E-state index in [-0.39, 0.29) is 5.75 Å². The molecule has 0 aromatic carbocycles. The fourth-order valence-corrected chi connectivity index (χ4v) is 5.96. The van der Waals surface area contributed by atoms with Gasteiger partial charge in [-0.15, -0.1) is 21.5 Å². The molecule has 4 amide bonds. The SMILES string of the molecule is CC[C@@H]1CCc2sc(-c3nnc(SCC(=O)NN4C(=O)N[C@@](C)(CC)C4=O)n3C)cc2C1. The van der Waals surface area contributed by atoms with Gasteiger partial charge in [0.2, 0.25) is 5.91 Å². The summed E-state index contributed by atoms with van der Waals surface area (Å²) in [4.78, 5) is 39.4. The van der Waals surface area contributed by atoms with Gasteiger partial charge in [0.15, 0.2) is 11.0 Å². The summed E-state index contributed by atoms with van der Waals surface area (Å²) in [6, 6.07) is 1.61. The Bertz CT molecular complexity index is 1060. The van der Waals surface area contributed by atoms with E-state index in [1.165, 1.54) is 35.0 Å². The van der Waals surface area contributed by atoms with Gasteiger partial charge in [0.1, 0.15) is 5.54 Å². The highest BCUT2D eigenvalue weighted by atomic mass is 32.2. The van der Waals surface area contributed by atoms with Crippen molar-refractivity contribution in [3.05, 3.63) is 16.5 Å². The first-order valence-electron chi connectivity index (χ1n) is 10.9. The van der Waals surface area contributed by atoms with E-state index >= 15 is 0 Å². The molecule has 32 heavy (non-hydrogen) atoms. The number of carbonyl (C=O) groups excluding carboxylic acids is 3. The molecular formula is C21H28N6O3S2. The molecule has 4 rings (SSSR count). The molecule has 1 aliphatic carbocycles. The molecule has 1 aliphatic heterocycles. The Morgan fingerprint density at radius 1 is 1.38 bits per heavy atom. The molecule has 0 radical (unpaired) electrons. The smallest absolute Gasteiger partial charge is 0.322 e. The second kappa shape index (κ2) is 8.86. The maximum Gasteiger partial charge on any atom is 0.344 e. The number of urea groups is 1. The van der Waals surface area contributed by atoms with E-state index in [4.69, 9.17) is 0 Å². The average Bonchev–Trinajstić information content (AvgIpc) is 3.42. The van der Waals surface area contributed by atoms with E-state index in [1.54, 1.807) is 25.2 Å². The topological polar surface area (TPSA) is 109 Å². The third-order valence-electron chi connectivity index (χ3n) is 6.35. The van der Waals surface area contributed by atoms with Gasteiger partial charge in [-0.1, -0.05) is 32.0 Å². The number of hydrogen-bond acceptors (Lipinski definition) is 7. The van der Waals surface area contributed by atoms with E-state index in [2.05, 4.69) is 33.9 Å². The normalized spacial score (nSPS) is 22.8. The number of nitrogens with zero attached hydrogens (tertiary/aromatic N) is 4. The monoisotopic (exact) mass is 476 g/mol. The van der Waals surface area contributed by atoms with E-state index in [0.29, 0.717) is 11.6 Å². The van der Waals surface area contributed by atoms with Crippen LogP contribution in [0, 0.1) is 5.92 Å². The van der Waals surface area contributed by atoms with Crippen LogP contribution in [0.2, 0.25) is 0 Å². The second-order valence-electron chi connectivity index (χ2n) is 8.52. The number of fused-ring (bicyclic) bond motifs is 1. The Kier molecular flexibility index (Phi) is 6.30. The van der Waals surface area contributed by atoms with Crippen LogP contribution >= 0.6 is 23.1 Å². The third kappa shape index (κ3) is 4.15.